The maximum atomic E-state index is 5.75. The van der Waals surface area contributed by atoms with Crippen LogP contribution in [0.3, 0.4) is 0 Å². The third-order valence-electron chi connectivity index (χ3n) is 2.75. The Morgan fingerprint density at radius 1 is 1.43 bits per heavy atom. The SMILES string of the molecule is CCc1nc(C(CN)C(C)C)[nH]c1C. The first-order valence-electron chi connectivity index (χ1n) is 5.35. The normalized spacial score (nSPS) is 13.6. The Bertz CT molecular complexity index is 289. The summed E-state index contributed by atoms with van der Waals surface area (Å²) in [6.45, 7) is 9.22. The summed E-state index contributed by atoms with van der Waals surface area (Å²) < 4.78 is 0. The van der Waals surface area contributed by atoms with Gasteiger partial charge in [-0.1, -0.05) is 20.8 Å². The fraction of sp³-hybridized carbons (Fsp3) is 0.727. The summed E-state index contributed by atoms with van der Waals surface area (Å²) in [7, 11) is 0. The minimum Gasteiger partial charge on any atom is -0.346 e. The smallest absolute Gasteiger partial charge is 0.111 e. The number of imidazole rings is 1. The van der Waals surface area contributed by atoms with Gasteiger partial charge in [-0.3, -0.25) is 0 Å². The van der Waals surface area contributed by atoms with Crippen LogP contribution in [0.15, 0.2) is 0 Å². The molecule has 1 heterocycles. The number of aryl methyl sites for hydroxylation is 2. The number of aromatic nitrogens is 2. The zero-order valence-corrected chi connectivity index (χ0v) is 9.59. The van der Waals surface area contributed by atoms with Crippen LogP contribution in [-0.4, -0.2) is 16.5 Å². The van der Waals surface area contributed by atoms with Gasteiger partial charge in [0, 0.05) is 18.2 Å². The Kier molecular flexibility index (Phi) is 3.69. The number of nitrogens with zero attached hydrogens (tertiary/aromatic N) is 1. The van der Waals surface area contributed by atoms with Gasteiger partial charge in [0.15, 0.2) is 0 Å². The molecular weight excluding hydrogens is 174 g/mol. The van der Waals surface area contributed by atoms with Crippen molar-refractivity contribution in [3.05, 3.63) is 17.2 Å². The Hall–Kier alpha value is -0.830. The summed E-state index contributed by atoms with van der Waals surface area (Å²) in [6, 6.07) is 0. The summed E-state index contributed by atoms with van der Waals surface area (Å²) in [5, 5.41) is 0. The summed E-state index contributed by atoms with van der Waals surface area (Å²) >= 11 is 0. The molecule has 0 aliphatic heterocycles. The molecule has 0 spiro atoms. The van der Waals surface area contributed by atoms with Crippen molar-refractivity contribution in [3.63, 3.8) is 0 Å². The summed E-state index contributed by atoms with van der Waals surface area (Å²) in [6.07, 6.45) is 0.984. The van der Waals surface area contributed by atoms with Gasteiger partial charge in [0.1, 0.15) is 5.82 Å². The lowest BCUT2D eigenvalue weighted by atomic mass is 9.95. The van der Waals surface area contributed by atoms with Crippen molar-refractivity contribution < 1.29 is 0 Å². The molecule has 0 radical (unpaired) electrons. The molecule has 80 valence electrons. The molecule has 0 aromatic carbocycles. The fourth-order valence-electron chi connectivity index (χ4n) is 1.74. The fourth-order valence-corrected chi connectivity index (χ4v) is 1.74. The average molecular weight is 195 g/mol. The van der Waals surface area contributed by atoms with E-state index < -0.39 is 0 Å². The number of nitrogens with one attached hydrogen (secondary N) is 1. The topological polar surface area (TPSA) is 54.7 Å². The van der Waals surface area contributed by atoms with Crippen LogP contribution in [0.4, 0.5) is 0 Å². The zero-order chi connectivity index (χ0) is 10.7. The molecule has 3 N–H and O–H groups in total. The molecule has 0 fully saturated rings. The third-order valence-corrected chi connectivity index (χ3v) is 2.75. The highest BCUT2D eigenvalue weighted by molar-refractivity contribution is 5.15. The second-order valence-corrected chi connectivity index (χ2v) is 4.13. The summed E-state index contributed by atoms with van der Waals surface area (Å²) in [4.78, 5) is 7.92. The van der Waals surface area contributed by atoms with Crippen molar-refractivity contribution >= 4 is 0 Å². The molecule has 0 aliphatic rings. The standard InChI is InChI=1S/C11H21N3/c1-5-10-8(4)13-11(14-10)9(6-12)7(2)3/h7,9H,5-6,12H2,1-4H3,(H,13,14). The molecule has 0 saturated heterocycles. The van der Waals surface area contributed by atoms with E-state index in [2.05, 4.69) is 37.7 Å². The predicted octanol–water partition coefficient (Wildman–Crippen LogP) is 1.98. The van der Waals surface area contributed by atoms with Gasteiger partial charge in [0.2, 0.25) is 0 Å². The highest BCUT2D eigenvalue weighted by Gasteiger charge is 2.18. The van der Waals surface area contributed by atoms with Crippen molar-refractivity contribution in [3.8, 4) is 0 Å². The Morgan fingerprint density at radius 2 is 2.07 bits per heavy atom. The highest BCUT2D eigenvalue weighted by Crippen LogP contribution is 2.21. The van der Waals surface area contributed by atoms with Gasteiger partial charge in [0.05, 0.1) is 5.69 Å². The van der Waals surface area contributed by atoms with Crippen LogP contribution in [0.1, 0.15) is 43.9 Å². The van der Waals surface area contributed by atoms with E-state index in [0.29, 0.717) is 18.4 Å². The molecule has 0 saturated carbocycles. The first-order chi connectivity index (χ1) is 6.60. The average Bonchev–Trinajstić information content (AvgIpc) is 2.47. The van der Waals surface area contributed by atoms with E-state index in [1.165, 1.54) is 11.4 Å². The van der Waals surface area contributed by atoms with Crippen molar-refractivity contribution in [1.29, 1.82) is 0 Å². The molecule has 3 heteroatoms. The minimum atomic E-state index is 0.356. The zero-order valence-electron chi connectivity index (χ0n) is 9.59. The Balaban J connectivity index is 2.93. The third kappa shape index (κ3) is 2.15. The first kappa shape index (κ1) is 11.2. The molecule has 3 nitrogen and oxygen atoms in total. The summed E-state index contributed by atoms with van der Waals surface area (Å²) in [5.41, 5.74) is 8.09. The molecule has 1 unspecified atom stereocenters. The Morgan fingerprint density at radius 3 is 2.43 bits per heavy atom. The number of rotatable bonds is 4. The second kappa shape index (κ2) is 4.60. The number of nitrogens with two attached hydrogens (primary N) is 1. The summed E-state index contributed by atoms with van der Waals surface area (Å²) in [5.74, 6) is 1.95. The lowest BCUT2D eigenvalue weighted by Crippen LogP contribution is -2.19. The lowest BCUT2D eigenvalue weighted by molar-refractivity contribution is 0.486. The van der Waals surface area contributed by atoms with Crippen LogP contribution in [0.2, 0.25) is 0 Å². The molecule has 1 aromatic heterocycles. The van der Waals surface area contributed by atoms with E-state index >= 15 is 0 Å². The van der Waals surface area contributed by atoms with E-state index in [-0.39, 0.29) is 0 Å². The van der Waals surface area contributed by atoms with Gasteiger partial charge in [-0.05, 0) is 19.3 Å². The number of H-pyrrole nitrogens is 1. The Labute approximate surface area is 86.1 Å². The molecule has 14 heavy (non-hydrogen) atoms. The largest absolute Gasteiger partial charge is 0.346 e. The van der Waals surface area contributed by atoms with E-state index in [9.17, 15) is 0 Å². The van der Waals surface area contributed by atoms with Crippen molar-refractivity contribution in [2.24, 2.45) is 11.7 Å². The van der Waals surface area contributed by atoms with Gasteiger partial charge in [-0.2, -0.15) is 0 Å². The van der Waals surface area contributed by atoms with E-state index in [0.717, 1.165) is 12.2 Å². The van der Waals surface area contributed by atoms with Crippen LogP contribution in [0.5, 0.6) is 0 Å². The quantitative estimate of drug-likeness (QED) is 0.772. The first-order valence-corrected chi connectivity index (χ1v) is 5.35. The van der Waals surface area contributed by atoms with E-state index in [4.69, 9.17) is 5.73 Å². The van der Waals surface area contributed by atoms with Crippen LogP contribution in [0, 0.1) is 12.8 Å². The number of aromatic amines is 1. The molecule has 1 rings (SSSR count). The predicted molar refractivity (Wildman–Crippen MR) is 59.3 cm³/mol. The molecule has 1 aromatic rings. The molecule has 1 atom stereocenters. The maximum absolute atomic E-state index is 5.75. The molecular formula is C11H21N3. The van der Waals surface area contributed by atoms with Gasteiger partial charge in [-0.15, -0.1) is 0 Å². The van der Waals surface area contributed by atoms with Crippen molar-refractivity contribution in [2.75, 3.05) is 6.54 Å². The molecule has 0 bridgehead atoms. The molecule has 0 amide bonds. The maximum Gasteiger partial charge on any atom is 0.111 e. The highest BCUT2D eigenvalue weighted by atomic mass is 14.9. The van der Waals surface area contributed by atoms with Crippen LogP contribution in [0.25, 0.3) is 0 Å². The van der Waals surface area contributed by atoms with E-state index in [1.807, 2.05) is 0 Å². The monoisotopic (exact) mass is 195 g/mol. The van der Waals surface area contributed by atoms with Crippen LogP contribution < -0.4 is 5.73 Å². The minimum absolute atomic E-state index is 0.356. The van der Waals surface area contributed by atoms with Gasteiger partial charge in [0.25, 0.3) is 0 Å². The number of hydrogen-bond acceptors (Lipinski definition) is 2. The van der Waals surface area contributed by atoms with Gasteiger partial charge >= 0.3 is 0 Å². The van der Waals surface area contributed by atoms with Crippen LogP contribution >= 0.6 is 0 Å². The van der Waals surface area contributed by atoms with Crippen molar-refractivity contribution in [2.45, 2.75) is 40.0 Å². The lowest BCUT2D eigenvalue weighted by Gasteiger charge is -2.15. The van der Waals surface area contributed by atoms with E-state index in [1.54, 1.807) is 0 Å². The van der Waals surface area contributed by atoms with Crippen LogP contribution in [-0.2, 0) is 6.42 Å². The molecule has 0 aliphatic carbocycles. The van der Waals surface area contributed by atoms with Gasteiger partial charge < -0.3 is 10.7 Å². The van der Waals surface area contributed by atoms with Crippen molar-refractivity contribution in [1.82, 2.24) is 9.97 Å². The van der Waals surface area contributed by atoms with Gasteiger partial charge in [-0.25, -0.2) is 4.98 Å². The second-order valence-electron chi connectivity index (χ2n) is 4.13. The number of hydrogen-bond donors (Lipinski definition) is 2.